The van der Waals surface area contributed by atoms with Crippen molar-refractivity contribution in [2.45, 2.75) is 20.4 Å². The van der Waals surface area contributed by atoms with Crippen LogP contribution in [0.2, 0.25) is 5.02 Å². The van der Waals surface area contributed by atoms with Crippen LogP contribution < -0.4 is 10.6 Å². The summed E-state index contributed by atoms with van der Waals surface area (Å²) in [6.45, 7) is 10.5. The van der Waals surface area contributed by atoms with Crippen molar-refractivity contribution < 1.29 is 0 Å². The third-order valence-corrected chi connectivity index (χ3v) is 3.91. The fourth-order valence-electron chi connectivity index (χ4n) is 2.75. The van der Waals surface area contributed by atoms with Crippen LogP contribution >= 0.6 is 11.6 Å². The summed E-state index contributed by atoms with van der Waals surface area (Å²) in [6.07, 6.45) is 0. The maximum Gasteiger partial charge on any atom is 0.0642 e. The van der Waals surface area contributed by atoms with Crippen LogP contribution in [0.4, 0.5) is 5.69 Å². The predicted octanol–water partition coefficient (Wildman–Crippen LogP) is 2.58. The fourth-order valence-corrected chi connectivity index (χ4v) is 3.06. The van der Waals surface area contributed by atoms with Crippen molar-refractivity contribution in [3.05, 3.63) is 28.8 Å². The highest BCUT2D eigenvalue weighted by Gasteiger charge is 2.21. The molecule has 1 fully saturated rings. The monoisotopic (exact) mass is 281 g/mol. The van der Waals surface area contributed by atoms with Crippen LogP contribution in [0.25, 0.3) is 0 Å². The van der Waals surface area contributed by atoms with Gasteiger partial charge in [-0.1, -0.05) is 37.6 Å². The Labute approximate surface area is 121 Å². The molecule has 0 aliphatic carbocycles. The van der Waals surface area contributed by atoms with Crippen molar-refractivity contribution in [3.8, 4) is 0 Å². The average molecular weight is 282 g/mol. The number of anilines is 1. The molecular weight excluding hydrogens is 258 g/mol. The first-order valence-corrected chi connectivity index (χ1v) is 7.44. The number of halogens is 1. The molecule has 0 unspecified atom stereocenters. The minimum Gasteiger partial charge on any atom is -0.368 e. The largest absolute Gasteiger partial charge is 0.368 e. The number of piperazine rings is 1. The van der Waals surface area contributed by atoms with Crippen LogP contribution in [-0.2, 0) is 6.54 Å². The van der Waals surface area contributed by atoms with Gasteiger partial charge < -0.3 is 10.6 Å². The van der Waals surface area contributed by atoms with Gasteiger partial charge >= 0.3 is 0 Å². The van der Waals surface area contributed by atoms with Crippen LogP contribution in [0.3, 0.4) is 0 Å². The Kier molecular flexibility index (Phi) is 5.08. The smallest absolute Gasteiger partial charge is 0.0642 e. The Bertz CT molecular complexity index is 412. The van der Waals surface area contributed by atoms with Crippen LogP contribution in [0.5, 0.6) is 0 Å². The quantitative estimate of drug-likeness (QED) is 0.921. The van der Waals surface area contributed by atoms with Gasteiger partial charge in [-0.25, -0.2) is 0 Å². The summed E-state index contributed by atoms with van der Waals surface area (Å²) in [7, 11) is 0. The normalized spacial score (nSPS) is 17.2. The van der Waals surface area contributed by atoms with Crippen molar-refractivity contribution in [2.24, 2.45) is 11.7 Å². The fraction of sp³-hybridized carbons (Fsp3) is 0.600. The second kappa shape index (κ2) is 6.60. The summed E-state index contributed by atoms with van der Waals surface area (Å²) >= 11 is 6.35. The molecule has 0 atom stereocenters. The molecule has 0 amide bonds. The van der Waals surface area contributed by atoms with Crippen LogP contribution in [-0.4, -0.2) is 37.6 Å². The van der Waals surface area contributed by atoms with Gasteiger partial charge in [0.05, 0.1) is 10.7 Å². The molecule has 3 nitrogen and oxygen atoms in total. The van der Waals surface area contributed by atoms with Gasteiger partial charge in [0.15, 0.2) is 0 Å². The molecule has 2 rings (SSSR count). The van der Waals surface area contributed by atoms with E-state index in [-0.39, 0.29) is 0 Å². The lowest BCUT2D eigenvalue weighted by Gasteiger charge is -2.38. The molecule has 1 heterocycles. The molecule has 1 saturated heterocycles. The molecule has 0 spiro atoms. The molecule has 19 heavy (non-hydrogen) atoms. The molecule has 0 radical (unpaired) electrons. The number of nitrogens with zero attached hydrogens (tertiary/aromatic N) is 2. The highest BCUT2D eigenvalue weighted by atomic mass is 35.5. The molecule has 1 aliphatic rings. The zero-order valence-corrected chi connectivity index (χ0v) is 12.7. The summed E-state index contributed by atoms with van der Waals surface area (Å²) in [5.41, 5.74) is 8.10. The standard InChI is InChI=1S/C15H24ClN3/c1-12(2)11-18-6-8-19(9-7-18)15-13(10-17)4-3-5-14(15)16/h3-5,12H,6-11,17H2,1-2H3. The molecule has 0 saturated carbocycles. The molecule has 106 valence electrons. The van der Waals surface area contributed by atoms with Crippen molar-refractivity contribution in [3.63, 3.8) is 0 Å². The lowest BCUT2D eigenvalue weighted by Crippen LogP contribution is -2.47. The number of hydrogen-bond donors (Lipinski definition) is 1. The van der Waals surface area contributed by atoms with Crippen molar-refractivity contribution in [2.75, 3.05) is 37.6 Å². The Balaban J connectivity index is 2.05. The van der Waals surface area contributed by atoms with E-state index in [1.807, 2.05) is 12.1 Å². The van der Waals surface area contributed by atoms with Gasteiger partial charge in [0, 0.05) is 39.3 Å². The molecule has 0 bridgehead atoms. The van der Waals surface area contributed by atoms with Gasteiger partial charge in [0.1, 0.15) is 0 Å². The Hall–Kier alpha value is -0.770. The minimum atomic E-state index is 0.544. The van der Waals surface area contributed by atoms with Crippen molar-refractivity contribution in [1.29, 1.82) is 0 Å². The summed E-state index contributed by atoms with van der Waals surface area (Å²) in [4.78, 5) is 4.90. The van der Waals surface area contributed by atoms with E-state index in [2.05, 4.69) is 29.7 Å². The summed E-state index contributed by atoms with van der Waals surface area (Å²) in [5.74, 6) is 0.728. The second-order valence-electron chi connectivity index (χ2n) is 5.63. The number of hydrogen-bond acceptors (Lipinski definition) is 3. The Morgan fingerprint density at radius 2 is 1.89 bits per heavy atom. The van der Waals surface area contributed by atoms with Gasteiger partial charge in [0.25, 0.3) is 0 Å². The zero-order valence-electron chi connectivity index (χ0n) is 11.9. The number of para-hydroxylation sites is 1. The summed E-state index contributed by atoms with van der Waals surface area (Å²) < 4.78 is 0. The Morgan fingerprint density at radius 1 is 1.21 bits per heavy atom. The molecule has 1 aromatic rings. The lowest BCUT2D eigenvalue weighted by molar-refractivity contribution is 0.231. The number of benzene rings is 1. The van der Waals surface area contributed by atoms with Gasteiger partial charge in [-0.05, 0) is 17.5 Å². The van der Waals surface area contributed by atoms with Crippen LogP contribution in [0, 0.1) is 5.92 Å². The third-order valence-electron chi connectivity index (χ3n) is 3.60. The van der Waals surface area contributed by atoms with E-state index in [0.717, 1.165) is 48.4 Å². The molecular formula is C15H24ClN3. The molecule has 1 aliphatic heterocycles. The summed E-state index contributed by atoms with van der Waals surface area (Å²) in [6, 6.07) is 6.00. The first-order chi connectivity index (χ1) is 9.11. The summed E-state index contributed by atoms with van der Waals surface area (Å²) in [5, 5.41) is 0.820. The first-order valence-electron chi connectivity index (χ1n) is 7.06. The second-order valence-corrected chi connectivity index (χ2v) is 6.04. The Morgan fingerprint density at radius 3 is 2.47 bits per heavy atom. The van der Waals surface area contributed by atoms with Gasteiger partial charge in [-0.3, -0.25) is 4.90 Å². The van der Waals surface area contributed by atoms with Crippen LogP contribution in [0.1, 0.15) is 19.4 Å². The SMILES string of the molecule is CC(C)CN1CCN(c2c(Cl)cccc2CN)CC1. The van der Waals surface area contributed by atoms with E-state index in [4.69, 9.17) is 17.3 Å². The minimum absolute atomic E-state index is 0.544. The molecule has 0 aromatic heterocycles. The van der Waals surface area contributed by atoms with E-state index in [0.29, 0.717) is 6.54 Å². The topological polar surface area (TPSA) is 32.5 Å². The van der Waals surface area contributed by atoms with Crippen LogP contribution in [0.15, 0.2) is 18.2 Å². The van der Waals surface area contributed by atoms with Gasteiger partial charge in [-0.2, -0.15) is 0 Å². The van der Waals surface area contributed by atoms with Gasteiger partial charge in [-0.15, -0.1) is 0 Å². The van der Waals surface area contributed by atoms with Gasteiger partial charge in [0.2, 0.25) is 0 Å². The first kappa shape index (κ1) is 14.6. The average Bonchev–Trinajstić information content (AvgIpc) is 2.39. The molecule has 2 N–H and O–H groups in total. The lowest BCUT2D eigenvalue weighted by atomic mass is 10.1. The van der Waals surface area contributed by atoms with E-state index < -0.39 is 0 Å². The van der Waals surface area contributed by atoms with E-state index in [9.17, 15) is 0 Å². The predicted molar refractivity (Wildman–Crippen MR) is 82.8 cm³/mol. The maximum absolute atomic E-state index is 6.35. The zero-order chi connectivity index (χ0) is 13.8. The maximum atomic E-state index is 6.35. The molecule has 4 heteroatoms. The highest BCUT2D eigenvalue weighted by Crippen LogP contribution is 2.30. The highest BCUT2D eigenvalue weighted by molar-refractivity contribution is 6.33. The number of nitrogens with two attached hydrogens (primary N) is 1. The van der Waals surface area contributed by atoms with Crippen molar-refractivity contribution >= 4 is 17.3 Å². The molecule has 1 aromatic carbocycles. The third kappa shape index (κ3) is 3.62. The van der Waals surface area contributed by atoms with Crippen molar-refractivity contribution in [1.82, 2.24) is 4.90 Å². The van der Waals surface area contributed by atoms with E-state index in [1.54, 1.807) is 0 Å². The number of rotatable bonds is 4. The van der Waals surface area contributed by atoms with E-state index >= 15 is 0 Å². The van der Waals surface area contributed by atoms with E-state index in [1.165, 1.54) is 6.54 Å².